The van der Waals surface area contributed by atoms with Crippen LogP contribution >= 0.6 is 0 Å². The topological polar surface area (TPSA) is 88.5 Å². The Labute approximate surface area is 165 Å². The maximum Gasteiger partial charge on any atom is 0.410 e. The smallest absolute Gasteiger partial charge is 0.410 e. The molecule has 0 bridgehead atoms. The van der Waals surface area contributed by atoms with Gasteiger partial charge in [-0.1, -0.05) is 6.42 Å². The van der Waals surface area contributed by atoms with Gasteiger partial charge in [-0.15, -0.1) is 0 Å². The second kappa shape index (κ2) is 7.81. The lowest BCUT2D eigenvalue weighted by molar-refractivity contribution is -0.384. The number of non-ortho nitro benzene ring substituents is 1. The van der Waals surface area contributed by atoms with Crippen LogP contribution in [0.15, 0.2) is 24.4 Å². The van der Waals surface area contributed by atoms with Gasteiger partial charge in [0, 0.05) is 41.8 Å². The summed E-state index contributed by atoms with van der Waals surface area (Å²) in [7, 11) is 0. The van der Waals surface area contributed by atoms with Crippen molar-refractivity contribution in [1.82, 2.24) is 9.88 Å². The van der Waals surface area contributed by atoms with E-state index in [-0.39, 0.29) is 28.7 Å². The number of H-pyrrole nitrogens is 1. The number of rotatable bonds is 4. The fourth-order valence-electron chi connectivity index (χ4n) is 4.17. The largest absolute Gasteiger partial charge is 0.444 e. The van der Waals surface area contributed by atoms with Crippen LogP contribution in [0.2, 0.25) is 0 Å². The van der Waals surface area contributed by atoms with Crippen molar-refractivity contribution < 1.29 is 14.5 Å². The van der Waals surface area contributed by atoms with Gasteiger partial charge in [0.05, 0.1) is 4.92 Å². The van der Waals surface area contributed by atoms with Gasteiger partial charge >= 0.3 is 6.09 Å². The summed E-state index contributed by atoms with van der Waals surface area (Å²) >= 11 is 0. The van der Waals surface area contributed by atoms with Gasteiger partial charge in [0.15, 0.2) is 0 Å². The van der Waals surface area contributed by atoms with Crippen LogP contribution in [0.3, 0.4) is 0 Å². The second-order valence-electron chi connectivity index (χ2n) is 8.51. The first kappa shape index (κ1) is 20.2. The lowest BCUT2D eigenvalue weighted by atomic mass is 9.80. The van der Waals surface area contributed by atoms with E-state index in [4.69, 9.17) is 4.74 Å². The Morgan fingerprint density at radius 3 is 2.75 bits per heavy atom. The van der Waals surface area contributed by atoms with E-state index >= 15 is 0 Å². The number of nitrogens with zero attached hydrogens (tertiary/aromatic N) is 2. The predicted octanol–water partition coefficient (Wildman–Crippen LogP) is 5.36. The number of aromatic amines is 1. The van der Waals surface area contributed by atoms with Crippen LogP contribution in [0.5, 0.6) is 0 Å². The third kappa shape index (κ3) is 4.29. The van der Waals surface area contributed by atoms with Crippen molar-refractivity contribution in [1.29, 1.82) is 0 Å². The SMILES string of the molecule is CCN(C(=O)OC(C)(C)C)C1CCCC(c2c[nH]c3ccc([N+](=O)[O-])cc23)C1. The molecule has 2 atom stereocenters. The molecule has 0 radical (unpaired) electrons. The van der Waals surface area contributed by atoms with E-state index in [1.807, 2.05) is 38.8 Å². The standard InChI is InChI=1S/C21H29N3O4/c1-5-23(20(25)28-21(2,3)4)15-8-6-7-14(11-15)18-13-22-19-10-9-16(24(26)27)12-17(18)19/h9-10,12-15,22H,5-8,11H2,1-4H3. The van der Waals surface area contributed by atoms with Crippen molar-refractivity contribution >= 4 is 22.7 Å². The van der Waals surface area contributed by atoms with Crippen LogP contribution in [0.4, 0.5) is 10.5 Å². The van der Waals surface area contributed by atoms with Gasteiger partial charge in [-0.3, -0.25) is 10.1 Å². The van der Waals surface area contributed by atoms with Crippen LogP contribution < -0.4 is 0 Å². The number of amides is 1. The predicted molar refractivity (Wildman–Crippen MR) is 109 cm³/mol. The van der Waals surface area contributed by atoms with Crippen molar-refractivity contribution in [2.45, 2.75) is 70.9 Å². The minimum Gasteiger partial charge on any atom is -0.444 e. The van der Waals surface area contributed by atoms with Crippen molar-refractivity contribution in [3.8, 4) is 0 Å². The highest BCUT2D eigenvalue weighted by Gasteiger charge is 2.33. The van der Waals surface area contributed by atoms with Gasteiger partial charge in [-0.2, -0.15) is 0 Å². The number of benzene rings is 1. The van der Waals surface area contributed by atoms with Crippen LogP contribution in [-0.2, 0) is 4.74 Å². The molecule has 7 heteroatoms. The molecule has 2 unspecified atom stereocenters. The third-order valence-corrected chi connectivity index (χ3v) is 5.40. The zero-order valence-corrected chi connectivity index (χ0v) is 17.0. The summed E-state index contributed by atoms with van der Waals surface area (Å²) in [6.07, 6.45) is 5.50. The maximum atomic E-state index is 12.6. The number of ether oxygens (including phenoxy) is 1. The van der Waals surface area contributed by atoms with Gasteiger partial charge in [-0.25, -0.2) is 4.79 Å². The first-order chi connectivity index (χ1) is 13.2. The minimum absolute atomic E-state index is 0.102. The summed E-state index contributed by atoms with van der Waals surface area (Å²) in [4.78, 5) is 28.5. The van der Waals surface area contributed by atoms with Crippen LogP contribution in [0.1, 0.15) is 64.9 Å². The Morgan fingerprint density at radius 1 is 1.36 bits per heavy atom. The fraction of sp³-hybridized carbons (Fsp3) is 0.571. The molecule has 1 amide bonds. The molecule has 152 valence electrons. The number of nitro benzene ring substituents is 1. The number of nitro groups is 1. The average molecular weight is 387 g/mol. The fourth-order valence-corrected chi connectivity index (χ4v) is 4.17. The van der Waals surface area contributed by atoms with Crippen LogP contribution in [0.25, 0.3) is 10.9 Å². The summed E-state index contributed by atoms with van der Waals surface area (Å²) in [6, 6.07) is 5.04. The molecule has 0 spiro atoms. The van der Waals surface area contributed by atoms with Gasteiger partial charge < -0.3 is 14.6 Å². The lowest BCUT2D eigenvalue weighted by Gasteiger charge is -2.37. The normalized spacial score (nSPS) is 20.1. The molecule has 1 fully saturated rings. The molecule has 2 aromatic rings. The first-order valence-electron chi connectivity index (χ1n) is 9.94. The molecule has 1 aliphatic carbocycles. The van der Waals surface area contributed by atoms with E-state index in [2.05, 4.69) is 4.98 Å². The molecule has 1 aromatic carbocycles. The summed E-state index contributed by atoms with van der Waals surface area (Å²) in [5.41, 5.74) is 1.59. The number of fused-ring (bicyclic) bond motifs is 1. The minimum atomic E-state index is -0.519. The zero-order valence-electron chi connectivity index (χ0n) is 17.0. The number of nitrogens with one attached hydrogen (secondary N) is 1. The molecule has 0 saturated heterocycles. The van der Waals surface area contributed by atoms with E-state index in [1.165, 1.54) is 6.07 Å². The monoisotopic (exact) mass is 387 g/mol. The molecule has 7 nitrogen and oxygen atoms in total. The van der Waals surface area contributed by atoms with Gasteiger partial charge in [0.1, 0.15) is 5.60 Å². The van der Waals surface area contributed by atoms with Gasteiger partial charge in [0.2, 0.25) is 0 Å². The zero-order chi connectivity index (χ0) is 20.5. The number of hydrogen-bond acceptors (Lipinski definition) is 4. The molecule has 28 heavy (non-hydrogen) atoms. The van der Waals surface area contributed by atoms with E-state index in [0.717, 1.165) is 42.1 Å². The summed E-state index contributed by atoms with van der Waals surface area (Å²) in [5.74, 6) is 0.256. The molecule has 0 aliphatic heterocycles. The van der Waals surface area contributed by atoms with Gasteiger partial charge in [0.25, 0.3) is 5.69 Å². The van der Waals surface area contributed by atoms with Crippen molar-refractivity contribution in [3.05, 3.63) is 40.1 Å². The van der Waals surface area contributed by atoms with Crippen molar-refractivity contribution in [2.75, 3.05) is 6.54 Å². The third-order valence-electron chi connectivity index (χ3n) is 5.40. The molecule has 1 N–H and O–H groups in total. The molecular formula is C21H29N3O4. The van der Waals surface area contributed by atoms with Crippen LogP contribution in [0, 0.1) is 10.1 Å². The average Bonchev–Trinajstić information content (AvgIpc) is 3.04. The van der Waals surface area contributed by atoms with E-state index < -0.39 is 5.60 Å². The Balaban J connectivity index is 1.83. The molecule has 3 rings (SSSR count). The lowest BCUT2D eigenvalue weighted by Crippen LogP contribution is -2.45. The summed E-state index contributed by atoms with van der Waals surface area (Å²) < 4.78 is 5.59. The second-order valence-corrected chi connectivity index (χ2v) is 8.51. The van der Waals surface area contributed by atoms with E-state index in [0.29, 0.717) is 6.54 Å². The van der Waals surface area contributed by atoms with Crippen LogP contribution in [-0.4, -0.2) is 39.1 Å². The molecule has 1 saturated carbocycles. The van der Waals surface area contributed by atoms with Crippen molar-refractivity contribution in [3.63, 3.8) is 0 Å². The number of carbonyl (C=O) groups excluding carboxylic acids is 1. The van der Waals surface area contributed by atoms with E-state index in [9.17, 15) is 14.9 Å². The van der Waals surface area contributed by atoms with Gasteiger partial charge in [-0.05, 0) is 64.5 Å². The summed E-state index contributed by atoms with van der Waals surface area (Å²) in [6.45, 7) is 8.21. The highest BCUT2D eigenvalue weighted by atomic mass is 16.6. The number of hydrogen-bond donors (Lipinski definition) is 1. The number of aromatic nitrogens is 1. The molecular weight excluding hydrogens is 358 g/mol. The quantitative estimate of drug-likeness (QED) is 0.565. The molecule has 1 heterocycles. The first-order valence-corrected chi connectivity index (χ1v) is 9.94. The highest BCUT2D eigenvalue weighted by molar-refractivity contribution is 5.86. The van der Waals surface area contributed by atoms with E-state index in [1.54, 1.807) is 12.1 Å². The molecule has 1 aliphatic rings. The number of carbonyl (C=O) groups is 1. The Morgan fingerprint density at radius 2 is 2.11 bits per heavy atom. The Bertz CT molecular complexity index is 868. The summed E-state index contributed by atoms with van der Waals surface area (Å²) in [5, 5.41) is 12.1. The van der Waals surface area contributed by atoms with Crippen molar-refractivity contribution in [2.24, 2.45) is 0 Å². The Hall–Kier alpha value is -2.57. The highest BCUT2D eigenvalue weighted by Crippen LogP contribution is 2.39. The Kier molecular flexibility index (Phi) is 5.63. The molecule has 1 aromatic heterocycles. The maximum absolute atomic E-state index is 12.6.